The Hall–Kier alpha value is -3.56. The molecule has 1 aromatic carbocycles. The van der Waals surface area contributed by atoms with E-state index in [-0.39, 0.29) is 5.82 Å². The van der Waals surface area contributed by atoms with Crippen LogP contribution in [0.5, 0.6) is 0 Å². The summed E-state index contributed by atoms with van der Waals surface area (Å²) in [4.78, 5) is 30.0. The maximum Gasteiger partial charge on any atom is 0.331 e. The predicted molar refractivity (Wildman–Crippen MR) is 132 cm³/mol. The Morgan fingerprint density at radius 2 is 1.97 bits per heavy atom. The number of rotatable bonds is 8. The van der Waals surface area contributed by atoms with Gasteiger partial charge < -0.3 is 10.1 Å². The fourth-order valence-electron chi connectivity index (χ4n) is 3.55. The second-order valence-electron chi connectivity index (χ2n) is 7.49. The first-order chi connectivity index (χ1) is 16.4. The van der Waals surface area contributed by atoms with Gasteiger partial charge in [-0.1, -0.05) is 18.2 Å². The molecule has 1 unspecified atom stereocenters. The minimum absolute atomic E-state index is 0.354. The number of carbonyl (C=O) groups excluding carboxylic acids is 2. The number of ether oxygens (including phenoxy) is 1. The summed E-state index contributed by atoms with van der Waals surface area (Å²) in [5.41, 5.74) is 3.55. The molecule has 34 heavy (non-hydrogen) atoms. The van der Waals surface area contributed by atoms with Crippen molar-refractivity contribution in [1.29, 1.82) is 0 Å². The number of nitrogens with zero attached hydrogens (tertiary/aromatic N) is 2. The predicted octanol–water partition coefficient (Wildman–Crippen LogP) is 5.21. The van der Waals surface area contributed by atoms with Gasteiger partial charge in [0.05, 0.1) is 6.04 Å². The molecule has 1 atom stereocenters. The summed E-state index contributed by atoms with van der Waals surface area (Å²) in [5, 5.41) is 7.52. The van der Waals surface area contributed by atoms with Crippen LogP contribution in [0.15, 0.2) is 65.5 Å². The van der Waals surface area contributed by atoms with Crippen molar-refractivity contribution < 1.29 is 18.7 Å². The van der Waals surface area contributed by atoms with Crippen molar-refractivity contribution in [2.45, 2.75) is 19.9 Å². The van der Waals surface area contributed by atoms with E-state index in [9.17, 15) is 14.0 Å². The average Bonchev–Trinajstić information content (AvgIpc) is 3.58. The molecular formula is C25H22FN3O3S2. The van der Waals surface area contributed by atoms with Gasteiger partial charge in [-0.3, -0.25) is 9.36 Å². The van der Waals surface area contributed by atoms with Gasteiger partial charge in [0, 0.05) is 33.9 Å². The highest BCUT2D eigenvalue weighted by Gasteiger charge is 2.19. The Morgan fingerprint density at radius 3 is 2.65 bits per heavy atom. The Morgan fingerprint density at radius 1 is 1.18 bits per heavy atom. The second-order valence-corrected chi connectivity index (χ2v) is 9.34. The van der Waals surface area contributed by atoms with Gasteiger partial charge in [-0.25, -0.2) is 14.2 Å². The molecule has 4 aromatic rings. The normalized spacial score (nSPS) is 12.1. The first kappa shape index (κ1) is 23.6. The Bertz CT molecular complexity index is 1290. The molecule has 0 bridgehead atoms. The number of amides is 1. The van der Waals surface area contributed by atoms with Crippen molar-refractivity contribution in [2.24, 2.45) is 0 Å². The highest BCUT2D eigenvalue weighted by Crippen LogP contribution is 2.26. The molecule has 6 nitrogen and oxygen atoms in total. The molecule has 0 fully saturated rings. The lowest BCUT2D eigenvalue weighted by molar-refractivity contribution is -0.143. The van der Waals surface area contributed by atoms with E-state index in [1.165, 1.54) is 40.9 Å². The van der Waals surface area contributed by atoms with Gasteiger partial charge in [-0.15, -0.1) is 22.7 Å². The van der Waals surface area contributed by atoms with Crippen LogP contribution in [0.25, 0.3) is 11.2 Å². The minimum Gasteiger partial charge on any atom is -0.452 e. The number of carbonyl (C=O) groups is 2. The highest BCUT2D eigenvalue weighted by atomic mass is 32.1. The van der Waals surface area contributed by atoms with Gasteiger partial charge in [0.2, 0.25) is 0 Å². The van der Waals surface area contributed by atoms with Crippen molar-refractivity contribution >= 4 is 40.6 Å². The molecule has 0 aliphatic rings. The number of halogens is 1. The van der Waals surface area contributed by atoms with Gasteiger partial charge in [0.25, 0.3) is 5.91 Å². The molecule has 0 saturated heterocycles. The maximum absolute atomic E-state index is 13.3. The average molecular weight is 496 g/mol. The summed E-state index contributed by atoms with van der Waals surface area (Å²) < 4.78 is 20.5. The van der Waals surface area contributed by atoms with Gasteiger partial charge in [0.15, 0.2) is 11.7 Å². The molecule has 3 aromatic heterocycles. The van der Waals surface area contributed by atoms with Crippen LogP contribution >= 0.6 is 22.7 Å². The monoisotopic (exact) mass is 495 g/mol. The molecule has 3 heterocycles. The lowest BCUT2D eigenvalue weighted by atomic mass is 10.1. The van der Waals surface area contributed by atoms with E-state index in [4.69, 9.17) is 4.74 Å². The topological polar surface area (TPSA) is 73.2 Å². The second kappa shape index (κ2) is 10.6. The molecule has 0 spiro atoms. The summed E-state index contributed by atoms with van der Waals surface area (Å²) in [7, 11) is 0. The molecule has 1 amide bonds. The molecule has 0 saturated carbocycles. The van der Waals surface area contributed by atoms with E-state index in [1.807, 2.05) is 47.4 Å². The van der Waals surface area contributed by atoms with E-state index in [0.717, 1.165) is 32.5 Å². The zero-order valence-corrected chi connectivity index (χ0v) is 20.2. The maximum atomic E-state index is 13.3. The fraction of sp³-hybridized carbons (Fsp3) is 0.160. The van der Waals surface area contributed by atoms with Crippen LogP contribution in [0.1, 0.15) is 33.4 Å². The lowest BCUT2D eigenvalue weighted by Crippen LogP contribution is -2.32. The fourth-order valence-corrected chi connectivity index (χ4v) is 5.11. The minimum atomic E-state index is -0.622. The number of hydrogen-bond acceptors (Lipinski definition) is 6. The smallest absolute Gasteiger partial charge is 0.331 e. The highest BCUT2D eigenvalue weighted by molar-refractivity contribution is 7.12. The molecule has 0 aliphatic carbocycles. The molecule has 0 aliphatic heterocycles. The van der Waals surface area contributed by atoms with Crippen LogP contribution < -0.4 is 5.32 Å². The summed E-state index contributed by atoms with van der Waals surface area (Å²) in [6, 6.07) is 11.2. The van der Waals surface area contributed by atoms with Gasteiger partial charge in [-0.2, -0.15) is 0 Å². The summed E-state index contributed by atoms with van der Waals surface area (Å²) in [6.45, 7) is 3.50. The SMILES string of the molecule is Cc1cc(/C=C/C(=O)OCC(=O)NC(c2ccc(F)cc2)c2cccs2)c(C)n1-c1nccs1. The summed E-state index contributed by atoms with van der Waals surface area (Å²) in [6.07, 6.45) is 4.72. The van der Waals surface area contributed by atoms with E-state index in [1.54, 1.807) is 24.4 Å². The molecule has 0 radical (unpaired) electrons. The largest absolute Gasteiger partial charge is 0.452 e. The number of esters is 1. The van der Waals surface area contributed by atoms with E-state index < -0.39 is 24.5 Å². The van der Waals surface area contributed by atoms with Crippen LogP contribution in [-0.2, 0) is 14.3 Å². The van der Waals surface area contributed by atoms with Crippen molar-refractivity contribution in [2.75, 3.05) is 6.61 Å². The number of benzene rings is 1. The first-order valence-corrected chi connectivity index (χ1v) is 12.2. The van der Waals surface area contributed by atoms with Crippen LogP contribution in [0.2, 0.25) is 0 Å². The Balaban J connectivity index is 1.37. The number of hydrogen-bond donors (Lipinski definition) is 1. The number of nitrogens with one attached hydrogen (secondary N) is 1. The lowest BCUT2D eigenvalue weighted by Gasteiger charge is -2.18. The standard InChI is InChI=1S/C25H22FN3O3S2/c1-16-14-19(17(2)29(16)25-27-11-13-34-25)7-10-23(31)32-15-22(30)28-24(21-4-3-12-33-21)18-5-8-20(26)9-6-18/h3-14,24H,15H2,1-2H3,(H,28,30)/b10-7+. The zero-order chi connectivity index (χ0) is 24.1. The van der Waals surface area contributed by atoms with Gasteiger partial charge in [0.1, 0.15) is 5.82 Å². The van der Waals surface area contributed by atoms with Crippen molar-refractivity contribution in [3.8, 4) is 5.13 Å². The molecular weight excluding hydrogens is 473 g/mol. The summed E-state index contributed by atoms with van der Waals surface area (Å²) >= 11 is 3.00. The zero-order valence-electron chi connectivity index (χ0n) is 18.5. The van der Waals surface area contributed by atoms with Crippen molar-refractivity contribution in [1.82, 2.24) is 14.9 Å². The summed E-state index contributed by atoms with van der Waals surface area (Å²) in [5.74, 6) is -1.43. The van der Waals surface area contributed by atoms with Crippen molar-refractivity contribution in [3.05, 3.63) is 98.7 Å². The Labute approximate surface area is 204 Å². The first-order valence-electron chi connectivity index (χ1n) is 10.4. The quantitative estimate of drug-likeness (QED) is 0.269. The van der Waals surface area contributed by atoms with Crippen molar-refractivity contribution in [3.63, 3.8) is 0 Å². The number of aromatic nitrogens is 2. The van der Waals surface area contributed by atoms with Gasteiger partial charge in [-0.05, 0) is 60.7 Å². The van der Waals surface area contributed by atoms with Crippen LogP contribution in [0.4, 0.5) is 4.39 Å². The number of thiophene rings is 1. The number of thiazole rings is 1. The third kappa shape index (κ3) is 5.49. The van der Waals surface area contributed by atoms with Crippen LogP contribution in [0, 0.1) is 19.7 Å². The van der Waals surface area contributed by atoms with E-state index in [0.29, 0.717) is 0 Å². The van der Waals surface area contributed by atoms with E-state index >= 15 is 0 Å². The molecule has 4 rings (SSSR count). The van der Waals surface area contributed by atoms with Crippen LogP contribution in [0.3, 0.4) is 0 Å². The molecule has 9 heteroatoms. The number of aryl methyl sites for hydroxylation is 1. The third-order valence-electron chi connectivity index (χ3n) is 5.16. The van der Waals surface area contributed by atoms with E-state index in [2.05, 4.69) is 10.3 Å². The third-order valence-corrected chi connectivity index (χ3v) is 6.86. The van der Waals surface area contributed by atoms with Crippen LogP contribution in [-0.4, -0.2) is 28.0 Å². The Kier molecular flexibility index (Phi) is 7.34. The van der Waals surface area contributed by atoms with Gasteiger partial charge >= 0.3 is 5.97 Å². The molecule has 1 N–H and O–H groups in total. The molecule has 174 valence electrons.